The number of hydrogen-bond donors (Lipinski definition) is 1. The topological polar surface area (TPSA) is 81.4 Å². The summed E-state index contributed by atoms with van der Waals surface area (Å²) in [6.07, 6.45) is 1.58. The average Bonchev–Trinajstić information content (AvgIpc) is 3.28. The Balaban J connectivity index is 1.48. The number of aromatic nitrogens is 3. The molecule has 0 spiro atoms. The van der Waals surface area contributed by atoms with Gasteiger partial charge in [-0.05, 0) is 65.7 Å². The lowest BCUT2D eigenvalue weighted by Crippen LogP contribution is -2.20. The van der Waals surface area contributed by atoms with Crippen LogP contribution in [-0.2, 0) is 4.79 Å². The molecule has 0 aliphatic rings. The SMILES string of the molecule is COc1ccc(/C=N\NC(=O)CSc2nnc(-c3ccc(C)cc3)n2-c2ccc(C)cc2)cc1Br. The summed E-state index contributed by atoms with van der Waals surface area (Å²) in [5, 5.41) is 13.5. The number of methoxy groups -OCH3 is 1. The van der Waals surface area contributed by atoms with Crippen molar-refractivity contribution in [3.63, 3.8) is 0 Å². The Morgan fingerprint density at radius 1 is 1.06 bits per heavy atom. The highest BCUT2D eigenvalue weighted by Crippen LogP contribution is 2.28. The summed E-state index contributed by atoms with van der Waals surface area (Å²) in [7, 11) is 1.61. The third kappa shape index (κ3) is 6.17. The van der Waals surface area contributed by atoms with Gasteiger partial charge in [0.05, 0.1) is 23.5 Å². The first-order valence-corrected chi connectivity index (χ1v) is 12.6. The molecule has 1 heterocycles. The van der Waals surface area contributed by atoms with Crippen molar-refractivity contribution in [2.24, 2.45) is 5.10 Å². The Kier molecular flexibility index (Phi) is 7.99. The molecule has 1 amide bonds. The molecule has 0 aliphatic heterocycles. The fourth-order valence-electron chi connectivity index (χ4n) is 3.28. The molecule has 35 heavy (non-hydrogen) atoms. The summed E-state index contributed by atoms with van der Waals surface area (Å²) >= 11 is 4.74. The van der Waals surface area contributed by atoms with Crippen molar-refractivity contribution in [2.75, 3.05) is 12.9 Å². The first-order valence-electron chi connectivity index (χ1n) is 10.8. The van der Waals surface area contributed by atoms with Crippen molar-refractivity contribution in [3.05, 3.63) is 87.9 Å². The first-order chi connectivity index (χ1) is 16.9. The zero-order chi connectivity index (χ0) is 24.8. The number of hydrogen-bond acceptors (Lipinski definition) is 6. The lowest BCUT2D eigenvalue weighted by molar-refractivity contribution is -0.118. The van der Waals surface area contributed by atoms with Crippen molar-refractivity contribution in [1.82, 2.24) is 20.2 Å². The Bertz CT molecular complexity index is 1350. The minimum Gasteiger partial charge on any atom is -0.496 e. The summed E-state index contributed by atoms with van der Waals surface area (Å²) in [6, 6.07) is 21.8. The number of thioether (sulfide) groups is 1. The molecule has 0 bridgehead atoms. The second-order valence-electron chi connectivity index (χ2n) is 7.82. The molecule has 178 valence electrons. The van der Waals surface area contributed by atoms with E-state index in [2.05, 4.69) is 36.7 Å². The molecule has 0 fully saturated rings. The van der Waals surface area contributed by atoms with Crippen LogP contribution < -0.4 is 10.2 Å². The van der Waals surface area contributed by atoms with Gasteiger partial charge in [0.15, 0.2) is 11.0 Å². The molecular weight excluding hydrogens is 526 g/mol. The summed E-state index contributed by atoms with van der Waals surface area (Å²) in [4.78, 5) is 12.4. The Morgan fingerprint density at radius 3 is 2.40 bits per heavy atom. The van der Waals surface area contributed by atoms with Crippen molar-refractivity contribution >= 4 is 39.8 Å². The summed E-state index contributed by atoms with van der Waals surface area (Å²) in [6.45, 7) is 4.09. The molecule has 0 saturated heterocycles. The highest BCUT2D eigenvalue weighted by Gasteiger charge is 2.17. The number of benzene rings is 3. The summed E-state index contributed by atoms with van der Waals surface area (Å²) in [5.74, 6) is 1.35. The van der Waals surface area contributed by atoms with Gasteiger partial charge in [0.2, 0.25) is 0 Å². The number of hydrazone groups is 1. The molecule has 0 aliphatic carbocycles. The van der Waals surface area contributed by atoms with Gasteiger partial charge in [0.25, 0.3) is 5.91 Å². The minimum absolute atomic E-state index is 0.140. The Labute approximate surface area is 216 Å². The van der Waals surface area contributed by atoms with E-state index in [1.165, 1.54) is 17.3 Å². The lowest BCUT2D eigenvalue weighted by atomic mass is 10.1. The van der Waals surface area contributed by atoms with E-state index in [-0.39, 0.29) is 11.7 Å². The largest absolute Gasteiger partial charge is 0.496 e. The highest BCUT2D eigenvalue weighted by atomic mass is 79.9. The third-order valence-electron chi connectivity index (χ3n) is 5.15. The van der Waals surface area contributed by atoms with Gasteiger partial charge in [-0.2, -0.15) is 5.10 Å². The molecule has 0 atom stereocenters. The standard InChI is InChI=1S/C26H24BrN5O2S/c1-17-4-9-20(10-5-17)25-30-31-26(32(25)21-11-6-18(2)7-12-21)35-16-24(33)29-28-15-19-8-13-23(34-3)22(27)14-19/h4-15H,16H2,1-3H3,(H,29,33)/b28-15-. The van der Waals surface area contributed by atoms with Crippen LogP contribution in [0.4, 0.5) is 0 Å². The molecule has 4 aromatic rings. The zero-order valence-electron chi connectivity index (χ0n) is 19.5. The molecule has 1 N–H and O–H groups in total. The number of halogens is 1. The third-order valence-corrected chi connectivity index (χ3v) is 6.70. The predicted octanol–water partition coefficient (Wildman–Crippen LogP) is 5.56. The lowest BCUT2D eigenvalue weighted by Gasteiger charge is -2.11. The molecule has 4 rings (SSSR count). The van der Waals surface area contributed by atoms with Gasteiger partial charge >= 0.3 is 0 Å². The predicted molar refractivity (Wildman–Crippen MR) is 143 cm³/mol. The van der Waals surface area contributed by atoms with E-state index in [4.69, 9.17) is 4.74 Å². The number of carbonyl (C=O) groups is 1. The zero-order valence-corrected chi connectivity index (χ0v) is 21.9. The van der Waals surface area contributed by atoms with Crippen molar-refractivity contribution in [1.29, 1.82) is 0 Å². The van der Waals surface area contributed by atoms with Gasteiger partial charge in [-0.15, -0.1) is 10.2 Å². The van der Waals surface area contributed by atoms with Crippen LogP contribution in [-0.4, -0.2) is 39.7 Å². The van der Waals surface area contributed by atoms with Crippen LogP contribution in [0.2, 0.25) is 0 Å². The monoisotopic (exact) mass is 549 g/mol. The van der Waals surface area contributed by atoms with Crippen LogP contribution in [0.1, 0.15) is 16.7 Å². The summed E-state index contributed by atoms with van der Waals surface area (Å²) in [5.41, 5.74) is 7.61. The number of nitrogens with zero attached hydrogens (tertiary/aromatic N) is 4. The van der Waals surface area contributed by atoms with E-state index in [9.17, 15) is 4.79 Å². The molecule has 9 heteroatoms. The number of rotatable bonds is 8. The normalized spacial score (nSPS) is 11.1. The number of ether oxygens (including phenoxy) is 1. The first kappa shape index (κ1) is 24.7. The molecular formula is C26H24BrN5O2S. The molecule has 1 aromatic heterocycles. The van der Waals surface area contributed by atoms with E-state index >= 15 is 0 Å². The summed E-state index contributed by atoms with van der Waals surface area (Å²) < 4.78 is 8.01. The van der Waals surface area contributed by atoms with Crippen LogP contribution >= 0.6 is 27.7 Å². The smallest absolute Gasteiger partial charge is 0.250 e. The molecule has 0 saturated carbocycles. The second kappa shape index (κ2) is 11.3. The van der Waals surface area contributed by atoms with Crippen molar-refractivity contribution in [3.8, 4) is 22.8 Å². The van der Waals surface area contributed by atoms with Crippen molar-refractivity contribution < 1.29 is 9.53 Å². The molecule has 7 nitrogen and oxygen atoms in total. The van der Waals surface area contributed by atoms with E-state index in [0.29, 0.717) is 5.16 Å². The number of carbonyl (C=O) groups excluding carboxylic acids is 1. The maximum absolute atomic E-state index is 12.4. The maximum atomic E-state index is 12.4. The van der Waals surface area contributed by atoms with Gasteiger partial charge < -0.3 is 4.74 Å². The quantitative estimate of drug-likeness (QED) is 0.176. The second-order valence-corrected chi connectivity index (χ2v) is 9.62. The number of aryl methyl sites for hydroxylation is 2. The van der Waals surface area contributed by atoms with Crippen LogP contribution in [0.15, 0.2) is 81.5 Å². The Hall–Kier alpha value is -3.43. The van der Waals surface area contributed by atoms with Crippen molar-refractivity contribution in [2.45, 2.75) is 19.0 Å². The Morgan fingerprint density at radius 2 is 1.74 bits per heavy atom. The van der Waals surface area contributed by atoms with Crippen LogP contribution in [0.25, 0.3) is 17.1 Å². The van der Waals surface area contributed by atoms with E-state index in [0.717, 1.165) is 38.4 Å². The van der Waals surface area contributed by atoms with Gasteiger partial charge in [-0.1, -0.05) is 59.3 Å². The van der Waals surface area contributed by atoms with Gasteiger partial charge in [-0.3, -0.25) is 9.36 Å². The number of nitrogens with one attached hydrogen (secondary N) is 1. The van der Waals surface area contributed by atoms with Crippen LogP contribution in [0.5, 0.6) is 5.75 Å². The van der Waals surface area contributed by atoms with E-state index in [1.54, 1.807) is 13.3 Å². The minimum atomic E-state index is -0.242. The maximum Gasteiger partial charge on any atom is 0.250 e. The van der Waals surface area contributed by atoms with Gasteiger partial charge in [-0.25, -0.2) is 5.43 Å². The highest BCUT2D eigenvalue weighted by molar-refractivity contribution is 9.10. The number of amides is 1. The van der Waals surface area contributed by atoms with Crippen LogP contribution in [0.3, 0.4) is 0 Å². The fraction of sp³-hybridized carbons (Fsp3) is 0.154. The van der Waals surface area contributed by atoms with E-state index in [1.807, 2.05) is 85.1 Å². The van der Waals surface area contributed by atoms with Gasteiger partial charge in [0.1, 0.15) is 5.75 Å². The van der Waals surface area contributed by atoms with Crippen LogP contribution in [0, 0.1) is 13.8 Å². The van der Waals surface area contributed by atoms with E-state index < -0.39 is 0 Å². The van der Waals surface area contributed by atoms with Gasteiger partial charge in [0, 0.05) is 11.3 Å². The fourth-order valence-corrected chi connectivity index (χ4v) is 4.59. The molecule has 0 unspecified atom stereocenters. The molecule has 0 radical (unpaired) electrons. The average molecular weight is 550 g/mol. The molecule has 3 aromatic carbocycles.